The standard InChI is InChI=1S/C19H26N2O4/c1-2-18(23)21-17-5-3-4-16(11-17)19(24)20-12-15(13-22)10-14-6-8-25-9-7-14/h2-5,11,14-15,22H,1,6-10,12-13H2,(H,20,24)(H,21,23). The summed E-state index contributed by atoms with van der Waals surface area (Å²) in [6.07, 6.45) is 4.08. The van der Waals surface area contributed by atoms with E-state index >= 15 is 0 Å². The van der Waals surface area contributed by atoms with Gasteiger partial charge in [-0.25, -0.2) is 0 Å². The predicted octanol–water partition coefficient (Wildman–Crippen LogP) is 1.97. The largest absolute Gasteiger partial charge is 0.396 e. The van der Waals surface area contributed by atoms with E-state index < -0.39 is 0 Å². The van der Waals surface area contributed by atoms with Crippen molar-refractivity contribution in [2.45, 2.75) is 19.3 Å². The molecule has 0 bridgehead atoms. The summed E-state index contributed by atoms with van der Waals surface area (Å²) in [6, 6.07) is 6.72. The molecule has 1 aromatic carbocycles. The van der Waals surface area contributed by atoms with Crippen molar-refractivity contribution in [3.63, 3.8) is 0 Å². The zero-order chi connectivity index (χ0) is 18.1. The van der Waals surface area contributed by atoms with Crippen LogP contribution >= 0.6 is 0 Å². The Bertz CT molecular complexity index is 597. The van der Waals surface area contributed by atoms with Gasteiger partial charge in [-0.15, -0.1) is 0 Å². The fourth-order valence-corrected chi connectivity index (χ4v) is 2.95. The van der Waals surface area contributed by atoms with Gasteiger partial charge in [0, 0.05) is 37.6 Å². The quantitative estimate of drug-likeness (QED) is 0.628. The number of hydrogen-bond donors (Lipinski definition) is 3. The van der Waals surface area contributed by atoms with Gasteiger partial charge < -0.3 is 20.5 Å². The molecular formula is C19H26N2O4. The number of carbonyl (C=O) groups excluding carboxylic acids is 2. The zero-order valence-electron chi connectivity index (χ0n) is 14.4. The van der Waals surface area contributed by atoms with Crippen LogP contribution < -0.4 is 10.6 Å². The summed E-state index contributed by atoms with van der Waals surface area (Å²) in [5.41, 5.74) is 1.00. The van der Waals surface area contributed by atoms with Crippen LogP contribution in [0.25, 0.3) is 0 Å². The van der Waals surface area contributed by atoms with Gasteiger partial charge in [0.1, 0.15) is 0 Å². The number of ether oxygens (including phenoxy) is 1. The highest BCUT2D eigenvalue weighted by Crippen LogP contribution is 2.22. The molecule has 2 rings (SSSR count). The molecule has 1 aliphatic rings. The summed E-state index contributed by atoms with van der Waals surface area (Å²) >= 11 is 0. The van der Waals surface area contributed by atoms with Crippen LogP contribution in [0.15, 0.2) is 36.9 Å². The van der Waals surface area contributed by atoms with E-state index in [1.807, 2.05) is 0 Å². The van der Waals surface area contributed by atoms with Crippen LogP contribution in [-0.4, -0.2) is 43.3 Å². The van der Waals surface area contributed by atoms with Crippen LogP contribution in [0.4, 0.5) is 5.69 Å². The number of anilines is 1. The first-order chi connectivity index (χ1) is 12.1. The average molecular weight is 346 g/mol. The lowest BCUT2D eigenvalue weighted by atomic mass is 9.89. The van der Waals surface area contributed by atoms with Gasteiger partial charge in [0.05, 0.1) is 0 Å². The van der Waals surface area contributed by atoms with Gasteiger partial charge in [-0.05, 0) is 55.4 Å². The fourth-order valence-electron chi connectivity index (χ4n) is 2.95. The molecule has 0 aliphatic carbocycles. The van der Waals surface area contributed by atoms with Crippen molar-refractivity contribution in [2.75, 3.05) is 31.7 Å². The molecule has 1 saturated heterocycles. The smallest absolute Gasteiger partial charge is 0.251 e. The third-order valence-corrected chi connectivity index (χ3v) is 4.39. The van der Waals surface area contributed by atoms with Gasteiger partial charge in [-0.2, -0.15) is 0 Å². The maximum atomic E-state index is 12.3. The van der Waals surface area contributed by atoms with E-state index in [2.05, 4.69) is 17.2 Å². The molecule has 1 heterocycles. The van der Waals surface area contributed by atoms with E-state index in [0.29, 0.717) is 23.7 Å². The summed E-state index contributed by atoms with van der Waals surface area (Å²) in [4.78, 5) is 23.7. The Morgan fingerprint density at radius 3 is 2.80 bits per heavy atom. The third-order valence-electron chi connectivity index (χ3n) is 4.39. The zero-order valence-corrected chi connectivity index (χ0v) is 14.4. The molecule has 1 atom stereocenters. The molecule has 1 unspecified atom stereocenters. The van der Waals surface area contributed by atoms with Crippen molar-refractivity contribution in [3.8, 4) is 0 Å². The normalized spacial score (nSPS) is 16.0. The second-order valence-electron chi connectivity index (χ2n) is 6.32. The van der Waals surface area contributed by atoms with Crippen LogP contribution in [0.3, 0.4) is 0 Å². The van der Waals surface area contributed by atoms with Crippen LogP contribution in [0.2, 0.25) is 0 Å². The van der Waals surface area contributed by atoms with Gasteiger partial charge in [0.2, 0.25) is 5.91 Å². The number of carbonyl (C=O) groups is 2. The predicted molar refractivity (Wildman–Crippen MR) is 96.3 cm³/mol. The highest BCUT2D eigenvalue weighted by atomic mass is 16.5. The Hall–Kier alpha value is -2.18. The SMILES string of the molecule is C=CC(=O)Nc1cccc(C(=O)NCC(CO)CC2CCOCC2)c1. The van der Waals surface area contributed by atoms with Crippen molar-refractivity contribution in [2.24, 2.45) is 11.8 Å². The van der Waals surface area contributed by atoms with Crippen molar-refractivity contribution in [1.82, 2.24) is 5.32 Å². The van der Waals surface area contributed by atoms with E-state index in [1.54, 1.807) is 24.3 Å². The van der Waals surface area contributed by atoms with E-state index in [0.717, 1.165) is 32.5 Å². The van der Waals surface area contributed by atoms with Gasteiger partial charge in [0.15, 0.2) is 0 Å². The molecule has 2 amide bonds. The molecule has 3 N–H and O–H groups in total. The maximum absolute atomic E-state index is 12.3. The Balaban J connectivity index is 1.86. The highest BCUT2D eigenvalue weighted by molar-refractivity contribution is 6.00. The minimum atomic E-state index is -0.325. The van der Waals surface area contributed by atoms with E-state index in [-0.39, 0.29) is 24.3 Å². The van der Waals surface area contributed by atoms with Crippen molar-refractivity contribution in [1.29, 1.82) is 0 Å². The number of aliphatic hydroxyl groups is 1. The number of aliphatic hydroxyl groups excluding tert-OH is 1. The van der Waals surface area contributed by atoms with Crippen molar-refractivity contribution < 1.29 is 19.4 Å². The van der Waals surface area contributed by atoms with Crippen molar-refractivity contribution in [3.05, 3.63) is 42.5 Å². The van der Waals surface area contributed by atoms with E-state index in [4.69, 9.17) is 4.74 Å². The van der Waals surface area contributed by atoms with E-state index in [1.165, 1.54) is 6.08 Å². The molecule has 1 aromatic rings. The van der Waals surface area contributed by atoms with Gasteiger partial charge in [0.25, 0.3) is 5.91 Å². The number of benzene rings is 1. The first-order valence-corrected chi connectivity index (χ1v) is 8.62. The Labute approximate surface area is 148 Å². The molecule has 0 radical (unpaired) electrons. The molecule has 0 spiro atoms. The topological polar surface area (TPSA) is 87.7 Å². The monoisotopic (exact) mass is 346 g/mol. The number of rotatable bonds is 8. The second kappa shape index (κ2) is 9.96. The minimum Gasteiger partial charge on any atom is -0.396 e. The lowest BCUT2D eigenvalue weighted by Crippen LogP contribution is -2.32. The molecule has 6 nitrogen and oxygen atoms in total. The van der Waals surface area contributed by atoms with Gasteiger partial charge in [-0.1, -0.05) is 12.6 Å². The first-order valence-electron chi connectivity index (χ1n) is 8.62. The van der Waals surface area contributed by atoms with Crippen LogP contribution in [-0.2, 0) is 9.53 Å². The molecule has 136 valence electrons. The third kappa shape index (κ3) is 6.32. The molecule has 1 fully saturated rings. The fraction of sp³-hybridized carbons (Fsp3) is 0.474. The second-order valence-corrected chi connectivity index (χ2v) is 6.32. The molecule has 6 heteroatoms. The Morgan fingerprint density at radius 2 is 2.12 bits per heavy atom. The summed E-state index contributed by atoms with van der Waals surface area (Å²) in [7, 11) is 0. The molecule has 25 heavy (non-hydrogen) atoms. The Kier molecular flexibility index (Phi) is 7.63. The van der Waals surface area contributed by atoms with Gasteiger partial charge in [-0.3, -0.25) is 9.59 Å². The van der Waals surface area contributed by atoms with Gasteiger partial charge >= 0.3 is 0 Å². The number of amides is 2. The van der Waals surface area contributed by atoms with Crippen molar-refractivity contribution >= 4 is 17.5 Å². The summed E-state index contributed by atoms with van der Waals surface area (Å²) in [6.45, 7) is 5.43. The number of hydrogen-bond acceptors (Lipinski definition) is 4. The van der Waals surface area contributed by atoms with Crippen LogP contribution in [0.5, 0.6) is 0 Å². The summed E-state index contributed by atoms with van der Waals surface area (Å²) in [5.74, 6) is 0.0328. The molecule has 0 aromatic heterocycles. The molecule has 1 aliphatic heterocycles. The minimum absolute atomic E-state index is 0.0377. The molecule has 0 saturated carbocycles. The van der Waals surface area contributed by atoms with E-state index in [9.17, 15) is 14.7 Å². The summed E-state index contributed by atoms with van der Waals surface area (Å²) < 4.78 is 5.35. The Morgan fingerprint density at radius 1 is 1.36 bits per heavy atom. The first kappa shape index (κ1) is 19.1. The maximum Gasteiger partial charge on any atom is 0.251 e. The lowest BCUT2D eigenvalue weighted by Gasteiger charge is -2.25. The number of nitrogens with one attached hydrogen (secondary N) is 2. The highest BCUT2D eigenvalue weighted by Gasteiger charge is 2.19. The van der Waals surface area contributed by atoms with Crippen LogP contribution in [0, 0.1) is 11.8 Å². The molecular weight excluding hydrogens is 320 g/mol. The van der Waals surface area contributed by atoms with Crippen LogP contribution in [0.1, 0.15) is 29.6 Å². The lowest BCUT2D eigenvalue weighted by molar-refractivity contribution is -0.111. The average Bonchev–Trinajstić information content (AvgIpc) is 2.65. The summed E-state index contributed by atoms with van der Waals surface area (Å²) in [5, 5.41) is 15.1.